The maximum absolute atomic E-state index is 14.4. The van der Waals surface area contributed by atoms with E-state index in [0.29, 0.717) is 16.4 Å². The van der Waals surface area contributed by atoms with Gasteiger partial charge < -0.3 is 10.2 Å². The number of carbonyl (C=O) groups excluding carboxylic acids is 2. The van der Waals surface area contributed by atoms with Gasteiger partial charge in [-0.2, -0.15) is 13.2 Å². The van der Waals surface area contributed by atoms with Crippen LogP contribution >= 0.6 is 11.6 Å². The molecular formula is C26H24ClF4N3O4S. The molecule has 3 aromatic carbocycles. The molecule has 3 aromatic rings. The first kappa shape index (κ1) is 29.9. The molecule has 1 atom stereocenters. The predicted octanol–water partition coefficient (Wildman–Crippen LogP) is 4.86. The molecular weight excluding hydrogens is 562 g/mol. The number of likely N-dealkylation sites (N-methyl/N-ethyl adjacent to an activating group) is 1. The van der Waals surface area contributed by atoms with Crippen molar-refractivity contribution in [2.45, 2.75) is 30.6 Å². The molecule has 0 bridgehead atoms. The Bertz CT molecular complexity index is 1450. The first-order valence-corrected chi connectivity index (χ1v) is 13.3. The Morgan fingerprint density at radius 1 is 1.00 bits per heavy atom. The second kappa shape index (κ2) is 12.0. The molecule has 0 aliphatic heterocycles. The quantitative estimate of drug-likeness (QED) is 0.364. The molecule has 0 fully saturated rings. The second-order valence-corrected chi connectivity index (χ2v) is 10.7. The Balaban J connectivity index is 2.14. The summed E-state index contributed by atoms with van der Waals surface area (Å²) in [6, 6.07) is 13.1. The number of rotatable bonds is 9. The van der Waals surface area contributed by atoms with Crippen LogP contribution in [0.3, 0.4) is 0 Å². The zero-order valence-electron chi connectivity index (χ0n) is 20.7. The Hall–Kier alpha value is -3.64. The lowest BCUT2D eigenvalue weighted by Crippen LogP contribution is -2.50. The minimum Gasteiger partial charge on any atom is -0.357 e. The number of amides is 2. The molecule has 0 spiro atoms. The molecule has 0 unspecified atom stereocenters. The van der Waals surface area contributed by atoms with Crippen LogP contribution in [0.15, 0.2) is 77.7 Å². The fraction of sp³-hybridized carbons (Fsp3) is 0.231. The van der Waals surface area contributed by atoms with Crippen molar-refractivity contribution >= 4 is 39.1 Å². The third kappa shape index (κ3) is 6.87. The van der Waals surface area contributed by atoms with Crippen molar-refractivity contribution in [3.63, 3.8) is 0 Å². The van der Waals surface area contributed by atoms with E-state index in [0.717, 1.165) is 17.0 Å². The van der Waals surface area contributed by atoms with Gasteiger partial charge >= 0.3 is 6.18 Å². The number of benzene rings is 3. The lowest BCUT2D eigenvalue weighted by Gasteiger charge is -2.32. The standard InChI is InChI=1S/C26H24ClF4N3O4S/c1-17(25(36)32-2)33(15-18-8-6-7-11-22(18)28)24(35)16-34(39(37,38)20-9-4-3-5-10-20)23-14-19(26(29,30)31)12-13-21(23)27/h3-14,17H,15-16H2,1-2H3,(H,32,36)/t17-/m1/s1. The predicted molar refractivity (Wildman–Crippen MR) is 138 cm³/mol. The highest BCUT2D eigenvalue weighted by Crippen LogP contribution is 2.37. The van der Waals surface area contributed by atoms with Crippen molar-refractivity contribution in [1.29, 1.82) is 0 Å². The average molecular weight is 586 g/mol. The number of hydrogen-bond acceptors (Lipinski definition) is 4. The van der Waals surface area contributed by atoms with E-state index in [4.69, 9.17) is 11.6 Å². The average Bonchev–Trinajstić information content (AvgIpc) is 2.90. The number of hydrogen-bond donors (Lipinski definition) is 1. The van der Waals surface area contributed by atoms with Crippen LogP contribution in [-0.2, 0) is 32.3 Å². The minimum absolute atomic E-state index is 0.0381. The largest absolute Gasteiger partial charge is 0.416 e. The highest BCUT2D eigenvalue weighted by molar-refractivity contribution is 7.92. The van der Waals surface area contributed by atoms with E-state index in [-0.39, 0.29) is 15.5 Å². The van der Waals surface area contributed by atoms with Gasteiger partial charge in [-0.25, -0.2) is 12.8 Å². The van der Waals surface area contributed by atoms with Gasteiger partial charge in [-0.3, -0.25) is 13.9 Å². The molecule has 0 heterocycles. The van der Waals surface area contributed by atoms with E-state index >= 15 is 0 Å². The molecule has 0 aromatic heterocycles. The minimum atomic E-state index is -4.84. The molecule has 3 rings (SSSR count). The van der Waals surface area contributed by atoms with Crippen LogP contribution in [0.1, 0.15) is 18.1 Å². The summed E-state index contributed by atoms with van der Waals surface area (Å²) in [6.45, 7) is -0.103. The normalized spacial score (nSPS) is 12.5. The molecule has 2 amide bonds. The summed E-state index contributed by atoms with van der Waals surface area (Å²) in [5.74, 6) is -2.29. The second-order valence-electron chi connectivity index (χ2n) is 8.39. The summed E-state index contributed by atoms with van der Waals surface area (Å²) in [5.41, 5.74) is -1.75. The van der Waals surface area contributed by atoms with Crippen molar-refractivity contribution in [3.05, 3.63) is 94.8 Å². The maximum atomic E-state index is 14.4. The molecule has 0 saturated heterocycles. The zero-order valence-corrected chi connectivity index (χ0v) is 22.3. The zero-order chi connectivity index (χ0) is 29.0. The van der Waals surface area contributed by atoms with Crippen LogP contribution in [0, 0.1) is 5.82 Å². The van der Waals surface area contributed by atoms with Gasteiger partial charge in [-0.1, -0.05) is 48.0 Å². The van der Waals surface area contributed by atoms with E-state index in [1.54, 1.807) is 0 Å². The van der Waals surface area contributed by atoms with E-state index in [9.17, 15) is 35.6 Å². The molecule has 0 aliphatic carbocycles. The molecule has 39 heavy (non-hydrogen) atoms. The molecule has 208 valence electrons. The number of nitrogens with one attached hydrogen (secondary N) is 1. The van der Waals surface area contributed by atoms with Crippen LogP contribution in [0.2, 0.25) is 5.02 Å². The smallest absolute Gasteiger partial charge is 0.357 e. The Morgan fingerprint density at radius 2 is 1.62 bits per heavy atom. The number of carbonyl (C=O) groups is 2. The topological polar surface area (TPSA) is 86.8 Å². The van der Waals surface area contributed by atoms with Gasteiger partial charge in [0.1, 0.15) is 18.4 Å². The summed E-state index contributed by atoms with van der Waals surface area (Å²) in [4.78, 5) is 26.7. The SMILES string of the molecule is CNC(=O)[C@@H](C)N(Cc1ccccc1F)C(=O)CN(c1cc(C(F)(F)F)ccc1Cl)S(=O)(=O)c1ccccc1. The summed E-state index contributed by atoms with van der Waals surface area (Å²) in [5, 5.41) is 2.00. The van der Waals surface area contributed by atoms with Gasteiger partial charge in [-0.15, -0.1) is 0 Å². The van der Waals surface area contributed by atoms with Gasteiger partial charge in [0, 0.05) is 19.2 Å². The fourth-order valence-electron chi connectivity index (χ4n) is 3.71. The first-order valence-electron chi connectivity index (χ1n) is 11.5. The lowest BCUT2D eigenvalue weighted by atomic mass is 10.1. The van der Waals surface area contributed by atoms with E-state index < -0.39 is 64.2 Å². The van der Waals surface area contributed by atoms with Crippen molar-refractivity contribution in [2.24, 2.45) is 0 Å². The number of anilines is 1. The van der Waals surface area contributed by atoms with Gasteiger partial charge in [0.05, 0.1) is 21.2 Å². The maximum Gasteiger partial charge on any atom is 0.416 e. The van der Waals surface area contributed by atoms with E-state index in [1.807, 2.05) is 0 Å². The Labute approximate surface area is 228 Å². The molecule has 0 saturated carbocycles. The number of alkyl halides is 3. The van der Waals surface area contributed by atoms with Crippen LogP contribution < -0.4 is 9.62 Å². The number of nitrogens with zero attached hydrogens (tertiary/aromatic N) is 2. The van der Waals surface area contributed by atoms with Gasteiger partial charge in [0.2, 0.25) is 11.8 Å². The number of sulfonamides is 1. The van der Waals surface area contributed by atoms with Crippen molar-refractivity contribution in [3.8, 4) is 0 Å². The van der Waals surface area contributed by atoms with Crippen molar-refractivity contribution in [1.82, 2.24) is 10.2 Å². The summed E-state index contributed by atoms with van der Waals surface area (Å²) in [7, 11) is -3.32. The van der Waals surface area contributed by atoms with Crippen LogP contribution in [-0.4, -0.2) is 44.8 Å². The summed E-state index contributed by atoms with van der Waals surface area (Å²) < 4.78 is 82.8. The third-order valence-electron chi connectivity index (χ3n) is 5.86. The van der Waals surface area contributed by atoms with Crippen molar-refractivity contribution < 1.29 is 35.6 Å². The van der Waals surface area contributed by atoms with E-state index in [1.165, 1.54) is 62.5 Å². The van der Waals surface area contributed by atoms with Gasteiger partial charge in [0.25, 0.3) is 10.0 Å². The lowest BCUT2D eigenvalue weighted by molar-refractivity contribution is -0.139. The Morgan fingerprint density at radius 3 is 2.21 bits per heavy atom. The molecule has 13 heteroatoms. The Kier molecular flexibility index (Phi) is 9.23. The fourth-order valence-corrected chi connectivity index (χ4v) is 5.43. The highest BCUT2D eigenvalue weighted by atomic mass is 35.5. The molecule has 0 aliphatic rings. The number of halogens is 5. The van der Waals surface area contributed by atoms with Crippen LogP contribution in [0.25, 0.3) is 0 Å². The first-order chi connectivity index (χ1) is 18.3. The van der Waals surface area contributed by atoms with Crippen LogP contribution in [0.4, 0.5) is 23.2 Å². The van der Waals surface area contributed by atoms with Crippen LogP contribution in [0.5, 0.6) is 0 Å². The highest BCUT2D eigenvalue weighted by Gasteiger charge is 2.36. The summed E-state index contributed by atoms with van der Waals surface area (Å²) >= 11 is 6.17. The molecule has 1 N–H and O–H groups in total. The molecule has 0 radical (unpaired) electrons. The van der Waals surface area contributed by atoms with Gasteiger partial charge in [-0.05, 0) is 43.3 Å². The van der Waals surface area contributed by atoms with E-state index in [2.05, 4.69) is 5.32 Å². The summed E-state index contributed by atoms with van der Waals surface area (Å²) in [6.07, 6.45) is -4.84. The van der Waals surface area contributed by atoms with Gasteiger partial charge in [0.15, 0.2) is 0 Å². The third-order valence-corrected chi connectivity index (χ3v) is 7.96. The molecule has 7 nitrogen and oxygen atoms in total. The van der Waals surface area contributed by atoms with Crippen molar-refractivity contribution in [2.75, 3.05) is 17.9 Å². The monoisotopic (exact) mass is 585 g/mol.